The summed E-state index contributed by atoms with van der Waals surface area (Å²) in [6.07, 6.45) is 2.20. The second-order valence-electron chi connectivity index (χ2n) is 8.07. The second kappa shape index (κ2) is 8.39. The van der Waals surface area contributed by atoms with Gasteiger partial charge in [-0.1, -0.05) is 0 Å². The molecule has 1 aliphatic carbocycles. The summed E-state index contributed by atoms with van der Waals surface area (Å²) < 4.78 is 17.6. The first-order valence-corrected chi connectivity index (χ1v) is 12.3. The van der Waals surface area contributed by atoms with Crippen molar-refractivity contribution < 1.29 is 14.1 Å². The molecule has 0 bridgehead atoms. The molecule has 1 aliphatic rings. The van der Waals surface area contributed by atoms with E-state index < -0.39 is 7.14 Å². The monoisotopic (exact) mass is 404 g/mol. The van der Waals surface area contributed by atoms with E-state index in [9.17, 15) is 9.36 Å². The Kier molecular flexibility index (Phi) is 6.14. The summed E-state index contributed by atoms with van der Waals surface area (Å²) >= 11 is 0. The van der Waals surface area contributed by atoms with E-state index in [-0.39, 0.29) is 18.2 Å². The Bertz CT molecular complexity index is 857. The van der Waals surface area contributed by atoms with Gasteiger partial charge < -0.3 is 19.9 Å². The van der Waals surface area contributed by atoms with Crippen LogP contribution in [0.3, 0.4) is 0 Å². The molecule has 3 N–H and O–H groups in total. The highest BCUT2D eigenvalue weighted by atomic mass is 31.2. The summed E-state index contributed by atoms with van der Waals surface area (Å²) in [5, 5.41) is 14.3. The molecule has 0 radical (unpaired) electrons. The van der Waals surface area contributed by atoms with E-state index in [0.29, 0.717) is 5.92 Å². The minimum absolute atomic E-state index is 0.0604. The minimum atomic E-state index is -2.24. The number of ether oxygens (including phenoxy) is 1. The number of carbonyl (C=O) groups is 1. The molecule has 0 unspecified atom stereocenters. The third-order valence-electron chi connectivity index (χ3n) is 4.86. The number of amides is 1. The average molecular weight is 404 g/mol. The van der Waals surface area contributed by atoms with Gasteiger partial charge in [0.05, 0.1) is 0 Å². The molecule has 2 atom stereocenters. The van der Waals surface area contributed by atoms with Crippen molar-refractivity contribution in [3.8, 4) is 0 Å². The third-order valence-corrected chi connectivity index (χ3v) is 6.41. The van der Waals surface area contributed by atoms with Crippen molar-refractivity contribution in [1.29, 1.82) is 0 Å². The van der Waals surface area contributed by atoms with Crippen molar-refractivity contribution in [1.82, 2.24) is 15.5 Å². The SMILES string of the molecule is CC(C)NC(=O)O[C@H]1CC[C@@H](c2cc(Nc3ccc(P(C)(C)=O)cc3)n[nH]2)C1. The maximum Gasteiger partial charge on any atom is 0.407 e. The normalized spacial score (nSPS) is 19.6. The van der Waals surface area contributed by atoms with Crippen LogP contribution in [0, 0.1) is 0 Å². The van der Waals surface area contributed by atoms with Crippen LogP contribution < -0.4 is 15.9 Å². The first-order chi connectivity index (χ1) is 13.2. The number of anilines is 2. The summed E-state index contributed by atoms with van der Waals surface area (Å²) in [6.45, 7) is 7.35. The van der Waals surface area contributed by atoms with Gasteiger partial charge in [-0.2, -0.15) is 5.10 Å². The highest BCUT2D eigenvalue weighted by molar-refractivity contribution is 7.70. The van der Waals surface area contributed by atoms with Crippen LogP contribution in [0.2, 0.25) is 0 Å². The molecule has 8 heteroatoms. The van der Waals surface area contributed by atoms with Gasteiger partial charge in [-0.3, -0.25) is 5.10 Å². The Balaban J connectivity index is 1.56. The average Bonchev–Trinajstić information content (AvgIpc) is 3.23. The van der Waals surface area contributed by atoms with Crippen molar-refractivity contribution in [3.63, 3.8) is 0 Å². The molecule has 1 fully saturated rings. The van der Waals surface area contributed by atoms with Gasteiger partial charge >= 0.3 is 6.09 Å². The number of hydrogen-bond donors (Lipinski definition) is 3. The van der Waals surface area contributed by atoms with Crippen molar-refractivity contribution in [2.24, 2.45) is 0 Å². The van der Waals surface area contributed by atoms with Gasteiger partial charge in [0.1, 0.15) is 13.2 Å². The maximum atomic E-state index is 12.1. The van der Waals surface area contributed by atoms with E-state index in [2.05, 4.69) is 20.8 Å². The zero-order chi connectivity index (χ0) is 20.3. The van der Waals surface area contributed by atoms with Crippen molar-refractivity contribution in [2.45, 2.75) is 51.2 Å². The number of nitrogens with one attached hydrogen (secondary N) is 3. The Hall–Kier alpha value is -2.27. The molecule has 2 aromatic rings. The van der Waals surface area contributed by atoms with Crippen LogP contribution in [0.1, 0.15) is 44.7 Å². The van der Waals surface area contributed by atoms with Gasteiger partial charge in [-0.15, -0.1) is 0 Å². The number of rotatable bonds is 6. The Morgan fingerprint density at radius 3 is 2.61 bits per heavy atom. The Morgan fingerprint density at radius 2 is 1.96 bits per heavy atom. The predicted octanol–water partition coefficient (Wildman–Crippen LogP) is 4.17. The van der Waals surface area contributed by atoms with Gasteiger partial charge in [0.15, 0.2) is 5.82 Å². The Labute approximate surface area is 166 Å². The molecule has 1 aromatic heterocycles. The van der Waals surface area contributed by atoms with E-state index in [0.717, 1.165) is 41.8 Å². The number of carbonyl (C=O) groups excluding carboxylic acids is 1. The quantitative estimate of drug-likeness (QED) is 0.628. The number of nitrogens with zero attached hydrogens (tertiary/aromatic N) is 1. The molecule has 1 aromatic carbocycles. The predicted molar refractivity (Wildman–Crippen MR) is 113 cm³/mol. The van der Waals surface area contributed by atoms with Crippen LogP contribution >= 0.6 is 7.14 Å². The molecule has 152 valence electrons. The molecule has 0 aliphatic heterocycles. The van der Waals surface area contributed by atoms with Gasteiger partial charge in [0, 0.05) is 34.7 Å². The van der Waals surface area contributed by atoms with Crippen LogP contribution in [0.4, 0.5) is 16.3 Å². The number of benzene rings is 1. The minimum Gasteiger partial charge on any atom is -0.446 e. The third kappa shape index (κ3) is 5.38. The zero-order valence-electron chi connectivity index (χ0n) is 16.9. The number of alkyl carbamates (subject to hydrolysis) is 1. The molecule has 7 nitrogen and oxygen atoms in total. The van der Waals surface area contributed by atoms with E-state index in [1.165, 1.54) is 0 Å². The van der Waals surface area contributed by atoms with Crippen molar-refractivity contribution in [3.05, 3.63) is 36.0 Å². The molecule has 0 spiro atoms. The fraction of sp³-hybridized carbons (Fsp3) is 0.500. The highest BCUT2D eigenvalue weighted by Gasteiger charge is 2.30. The molecular weight excluding hydrogens is 375 g/mol. The maximum absolute atomic E-state index is 12.1. The standard InChI is InChI=1S/C20H29N4O3P/c1-13(2)21-20(25)27-16-8-5-14(11-16)18-12-19(24-23-18)22-15-6-9-17(10-7-15)28(3,4)26/h6-7,9-10,12-14,16H,5,8,11H2,1-4H3,(H,21,25)(H2,22,23,24)/t14-,16+/m1/s1. The molecule has 28 heavy (non-hydrogen) atoms. The topological polar surface area (TPSA) is 96.1 Å². The van der Waals surface area contributed by atoms with Gasteiger partial charge in [0.25, 0.3) is 0 Å². The van der Waals surface area contributed by atoms with E-state index in [1.807, 2.05) is 44.2 Å². The lowest BCUT2D eigenvalue weighted by molar-refractivity contribution is 0.0981. The molecule has 0 saturated heterocycles. The van der Waals surface area contributed by atoms with E-state index >= 15 is 0 Å². The summed E-state index contributed by atoms with van der Waals surface area (Å²) in [5.41, 5.74) is 1.94. The number of aromatic amines is 1. The zero-order valence-corrected chi connectivity index (χ0v) is 17.8. The number of hydrogen-bond acceptors (Lipinski definition) is 5. The molecule has 1 heterocycles. The molecule has 1 amide bonds. The smallest absolute Gasteiger partial charge is 0.407 e. The van der Waals surface area contributed by atoms with Crippen molar-refractivity contribution in [2.75, 3.05) is 18.6 Å². The summed E-state index contributed by atoms with van der Waals surface area (Å²) in [5.74, 6) is 1.04. The van der Waals surface area contributed by atoms with Crippen molar-refractivity contribution >= 4 is 30.0 Å². The van der Waals surface area contributed by atoms with Gasteiger partial charge in [-0.05, 0) is 70.7 Å². The molecule has 3 rings (SSSR count). The highest BCUT2D eigenvalue weighted by Crippen LogP contribution is 2.37. The lowest BCUT2D eigenvalue weighted by atomic mass is 10.0. The fourth-order valence-electron chi connectivity index (χ4n) is 3.41. The molecule has 1 saturated carbocycles. The van der Waals surface area contributed by atoms with E-state index in [4.69, 9.17) is 4.74 Å². The Morgan fingerprint density at radius 1 is 1.25 bits per heavy atom. The summed E-state index contributed by atoms with van der Waals surface area (Å²) in [6, 6.07) is 9.67. The first-order valence-electron chi connectivity index (χ1n) is 9.66. The largest absolute Gasteiger partial charge is 0.446 e. The first kappa shape index (κ1) is 20.5. The van der Waals surface area contributed by atoms with Crippen LogP contribution in [0.15, 0.2) is 30.3 Å². The van der Waals surface area contributed by atoms with Crippen LogP contribution in [-0.4, -0.2) is 41.8 Å². The van der Waals surface area contributed by atoms with Crippen LogP contribution in [0.5, 0.6) is 0 Å². The summed E-state index contributed by atoms with van der Waals surface area (Å²) in [4.78, 5) is 11.8. The summed E-state index contributed by atoms with van der Waals surface area (Å²) in [7, 11) is -2.24. The van der Waals surface area contributed by atoms with E-state index in [1.54, 1.807) is 13.3 Å². The van der Waals surface area contributed by atoms with Crippen LogP contribution in [-0.2, 0) is 9.30 Å². The number of H-pyrrole nitrogens is 1. The number of aromatic nitrogens is 2. The second-order valence-corrected chi connectivity index (χ2v) is 11.3. The van der Waals surface area contributed by atoms with Crippen LogP contribution in [0.25, 0.3) is 0 Å². The van der Waals surface area contributed by atoms with Gasteiger partial charge in [-0.25, -0.2) is 4.79 Å². The lowest BCUT2D eigenvalue weighted by Crippen LogP contribution is -2.33. The van der Waals surface area contributed by atoms with Gasteiger partial charge in [0.2, 0.25) is 0 Å². The molecular formula is C20H29N4O3P. The lowest BCUT2D eigenvalue weighted by Gasteiger charge is -2.14. The fourth-order valence-corrected chi connectivity index (χ4v) is 4.28.